The van der Waals surface area contributed by atoms with E-state index in [0.717, 1.165) is 22.8 Å². The summed E-state index contributed by atoms with van der Waals surface area (Å²) < 4.78 is 10.6. The highest BCUT2D eigenvalue weighted by Gasteiger charge is 2.18. The van der Waals surface area contributed by atoms with Gasteiger partial charge in [-0.1, -0.05) is 30.3 Å². The van der Waals surface area contributed by atoms with Gasteiger partial charge in [-0.2, -0.15) is 0 Å². The standard InChI is InChI=1S/C16H16N2O2/c1-19-15-9-7-14(8-10-15)18-12-20-11-17-16(18)13-5-3-2-4-6-13/h2-10H,11-12H2,1H3. The van der Waals surface area contributed by atoms with Gasteiger partial charge in [-0.15, -0.1) is 0 Å². The molecule has 102 valence electrons. The number of nitrogens with zero attached hydrogens (tertiary/aromatic N) is 2. The smallest absolute Gasteiger partial charge is 0.142 e. The van der Waals surface area contributed by atoms with Gasteiger partial charge in [-0.3, -0.25) is 0 Å². The fourth-order valence-electron chi connectivity index (χ4n) is 2.18. The largest absolute Gasteiger partial charge is 0.497 e. The number of amidine groups is 1. The van der Waals surface area contributed by atoms with Gasteiger partial charge < -0.3 is 14.4 Å². The van der Waals surface area contributed by atoms with E-state index in [1.54, 1.807) is 7.11 Å². The summed E-state index contributed by atoms with van der Waals surface area (Å²) in [6.07, 6.45) is 0. The van der Waals surface area contributed by atoms with Gasteiger partial charge in [-0.05, 0) is 24.3 Å². The zero-order valence-corrected chi connectivity index (χ0v) is 11.3. The van der Waals surface area contributed by atoms with Crippen molar-refractivity contribution in [3.8, 4) is 5.75 Å². The van der Waals surface area contributed by atoms with Gasteiger partial charge >= 0.3 is 0 Å². The fourth-order valence-corrected chi connectivity index (χ4v) is 2.18. The second kappa shape index (κ2) is 5.75. The molecule has 4 nitrogen and oxygen atoms in total. The Morgan fingerprint density at radius 1 is 1.05 bits per heavy atom. The Morgan fingerprint density at radius 2 is 1.80 bits per heavy atom. The lowest BCUT2D eigenvalue weighted by Crippen LogP contribution is -2.37. The van der Waals surface area contributed by atoms with Gasteiger partial charge in [0.2, 0.25) is 0 Å². The van der Waals surface area contributed by atoms with Crippen LogP contribution in [0.15, 0.2) is 59.6 Å². The molecule has 1 aliphatic heterocycles. The number of rotatable bonds is 3. The van der Waals surface area contributed by atoms with Gasteiger partial charge in [0, 0.05) is 11.3 Å². The number of hydrogen-bond donors (Lipinski definition) is 0. The van der Waals surface area contributed by atoms with Crippen molar-refractivity contribution in [1.29, 1.82) is 0 Å². The average Bonchev–Trinajstić information content (AvgIpc) is 2.56. The number of aliphatic imine (C=N–C) groups is 1. The van der Waals surface area contributed by atoms with Crippen LogP contribution in [0.5, 0.6) is 5.75 Å². The SMILES string of the molecule is COc1ccc(N2COCN=C2c2ccccc2)cc1. The Bertz CT molecular complexity index is 594. The summed E-state index contributed by atoms with van der Waals surface area (Å²) in [5.41, 5.74) is 2.12. The van der Waals surface area contributed by atoms with Crippen LogP contribution in [0.2, 0.25) is 0 Å². The molecule has 2 aromatic rings. The molecule has 0 saturated carbocycles. The van der Waals surface area contributed by atoms with Crippen molar-refractivity contribution in [2.24, 2.45) is 4.99 Å². The lowest BCUT2D eigenvalue weighted by Gasteiger charge is -2.29. The molecule has 4 heteroatoms. The van der Waals surface area contributed by atoms with Gasteiger partial charge in [0.1, 0.15) is 25.0 Å². The van der Waals surface area contributed by atoms with Gasteiger partial charge in [-0.25, -0.2) is 4.99 Å². The van der Waals surface area contributed by atoms with Crippen LogP contribution in [0.1, 0.15) is 5.56 Å². The molecular formula is C16H16N2O2. The van der Waals surface area contributed by atoms with Crippen LogP contribution in [-0.2, 0) is 4.74 Å². The van der Waals surface area contributed by atoms with E-state index in [1.807, 2.05) is 42.5 Å². The van der Waals surface area contributed by atoms with Crippen LogP contribution in [0.3, 0.4) is 0 Å². The van der Waals surface area contributed by atoms with Gasteiger partial charge in [0.05, 0.1) is 7.11 Å². The molecule has 0 unspecified atom stereocenters. The van der Waals surface area contributed by atoms with Crippen LogP contribution in [-0.4, -0.2) is 26.4 Å². The molecule has 0 N–H and O–H groups in total. The van der Waals surface area contributed by atoms with E-state index >= 15 is 0 Å². The molecule has 2 aromatic carbocycles. The minimum absolute atomic E-state index is 0.400. The first-order chi connectivity index (χ1) is 9.88. The van der Waals surface area contributed by atoms with E-state index in [-0.39, 0.29) is 0 Å². The van der Waals surface area contributed by atoms with E-state index in [0.29, 0.717) is 13.5 Å². The molecule has 1 heterocycles. The molecule has 1 aliphatic rings. The molecule has 0 saturated heterocycles. The van der Waals surface area contributed by atoms with Crippen LogP contribution in [0.25, 0.3) is 0 Å². The average molecular weight is 268 g/mol. The summed E-state index contributed by atoms with van der Waals surface area (Å²) in [7, 11) is 1.66. The maximum atomic E-state index is 5.45. The second-order valence-corrected chi connectivity index (χ2v) is 4.44. The molecule has 0 fully saturated rings. The van der Waals surface area contributed by atoms with Crippen LogP contribution in [0, 0.1) is 0 Å². The van der Waals surface area contributed by atoms with Crippen LogP contribution in [0.4, 0.5) is 5.69 Å². The fraction of sp³-hybridized carbons (Fsp3) is 0.188. The van der Waals surface area contributed by atoms with Crippen molar-refractivity contribution in [3.05, 3.63) is 60.2 Å². The monoisotopic (exact) mass is 268 g/mol. The molecule has 0 amide bonds. The first kappa shape index (κ1) is 12.7. The molecular weight excluding hydrogens is 252 g/mol. The first-order valence-electron chi connectivity index (χ1n) is 6.48. The van der Waals surface area contributed by atoms with E-state index in [2.05, 4.69) is 22.0 Å². The van der Waals surface area contributed by atoms with E-state index in [4.69, 9.17) is 9.47 Å². The Kier molecular flexibility index (Phi) is 3.65. The number of benzene rings is 2. The minimum atomic E-state index is 0.400. The van der Waals surface area contributed by atoms with Crippen LogP contribution < -0.4 is 9.64 Å². The summed E-state index contributed by atoms with van der Waals surface area (Å²) in [5.74, 6) is 1.77. The highest BCUT2D eigenvalue weighted by Crippen LogP contribution is 2.23. The van der Waals surface area contributed by atoms with Crippen molar-refractivity contribution in [2.45, 2.75) is 0 Å². The lowest BCUT2D eigenvalue weighted by atomic mass is 10.1. The minimum Gasteiger partial charge on any atom is -0.497 e. The van der Waals surface area contributed by atoms with Gasteiger partial charge in [0.25, 0.3) is 0 Å². The summed E-state index contributed by atoms with van der Waals surface area (Å²) in [5, 5.41) is 0. The zero-order valence-electron chi connectivity index (χ0n) is 11.3. The number of methoxy groups -OCH3 is 1. The van der Waals surface area contributed by atoms with E-state index in [9.17, 15) is 0 Å². The lowest BCUT2D eigenvalue weighted by molar-refractivity contribution is 0.141. The zero-order chi connectivity index (χ0) is 13.8. The Labute approximate surface area is 118 Å². The molecule has 0 spiro atoms. The van der Waals surface area contributed by atoms with Crippen molar-refractivity contribution >= 4 is 11.5 Å². The number of anilines is 1. The predicted octanol–water partition coefficient (Wildman–Crippen LogP) is 2.89. The highest BCUT2D eigenvalue weighted by atomic mass is 16.5. The van der Waals surface area contributed by atoms with Crippen LogP contribution >= 0.6 is 0 Å². The van der Waals surface area contributed by atoms with Crippen molar-refractivity contribution < 1.29 is 9.47 Å². The third-order valence-corrected chi connectivity index (χ3v) is 3.20. The Hall–Kier alpha value is -2.33. The van der Waals surface area contributed by atoms with Crippen molar-refractivity contribution in [2.75, 3.05) is 25.5 Å². The third-order valence-electron chi connectivity index (χ3n) is 3.20. The predicted molar refractivity (Wildman–Crippen MR) is 79.3 cm³/mol. The topological polar surface area (TPSA) is 34.1 Å². The maximum Gasteiger partial charge on any atom is 0.142 e. The third kappa shape index (κ3) is 2.51. The molecule has 0 atom stereocenters. The molecule has 0 aliphatic carbocycles. The molecule has 3 rings (SSSR count). The van der Waals surface area contributed by atoms with Crippen molar-refractivity contribution in [1.82, 2.24) is 0 Å². The summed E-state index contributed by atoms with van der Waals surface area (Å²) in [6.45, 7) is 0.900. The quantitative estimate of drug-likeness (QED) is 0.858. The molecule has 0 aromatic heterocycles. The second-order valence-electron chi connectivity index (χ2n) is 4.44. The van der Waals surface area contributed by atoms with E-state index < -0.39 is 0 Å². The molecule has 0 bridgehead atoms. The highest BCUT2D eigenvalue weighted by molar-refractivity contribution is 6.10. The first-order valence-corrected chi connectivity index (χ1v) is 6.48. The normalized spacial score (nSPS) is 14.8. The Balaban J connectivity index is 1.94. The van der Waals surface area contributed by atoms with E-state index in [1.165, 1.54) is 0 Å². The summed E-state index contributed by atoms with van der Waals surface area (Å²) in [4.78, 5) is 6.54. The summed E-state index contributed by atoms with van der Waals surface area (Å²) >= 11 is 0. The van der Waals surface area contributed by atoms with Crippen molar-refractivity contribution in [3.63, 3.8) is 0 Å². The Morgan fingerprint density at radius 3 is 2.50 bits per heavy atom. The molecule has 20 heavy (non-hydrogen) atoms. The van der Waals surface area contributed by atoms with Gasteiger partial charge in [0.15, 0.2) is 0 Å². The number of hydrogen-bond acceptors (Lipinski definition) is 4. The molecule has 0 radical (unpaired) electrons. The maximum absolute atomic E-state index is 5.45. The summed E-state index contributed by atoms with van der Waals surface area (Å²) in [6, 6.07) is 18.0. The number of ether oxygens (including phenoxy) is 2.